The van der Waals surface area contributed by atoms with Crippen LogP contribution in [-0.4, -0.2) is 13.1 Å². The summed E-state index contributed by atoms with van der Waals surface area (Å²) in [5.74, 6) is -1.74. The van der Waals surface area contributed by atoms with Crippen molar-refractivity contribution in [3.8, 4) is 0 Å². The SMILES string of the molecule is NCCc1cc(F)cc(C(F)(F)F)c1.NCCc1ccc(C(F)(F)F)cc1F. The van der Waals surface area contributed by atoms with Crippen LogP contribution in [0.25, 0.3) is 0 Å². The van der Waals surface area contributed by atoms with Crippen LogP contribution in [0.1, 0.15) is 22.3 Å². The molecule has 0 aliphatic carbocycles. The number of halogens is 8. The van der Waals surface area contributed by atoms with Gasteiger partial charge in [-0.05, 0) is 67.4 Å². The predicted molar refractivity (Wildman–Crippen MR) is 88.3 cm³/mol. The molecule has 0 radical (unpaired) electrons. The fourth-order valence-electron chi connectivity index (χ4n) is 2.21. The van der Waals surface area contributed by atoms with E-state index in [1.807, 2.05) is 0 Å². The minimum Gasteiger partial charge on any atom is -0.330 e. The highest BCUT2D eigenvalue weighted by Crippen LogP contribution is 2.31. The third-order valence-corrected chi connectivity index (χ3v) is 3.51. The number of alkyl halides is 6. The molecule has 0 aliphatic rings. The Morgan fingerprint density at radius 2 is 1.25 bits per heavy atom. The first-order chi connectivity index (χ1) is 12.9. The molecule has 2 aromatic rings. The number of benzene rings is 2. The van der Waals surface area contributed by atoms with E-state index in [0.29, 0.717) is 12.1 Å². The molecule has 0 saturated carbocycles. The van der Waals surface area contributed by atoms with Crippen molar-refractivity contribution in [1.29, 1.82) is 0 Å². The van der Waals surface area contributed by atoms with Gasteiger partial charge in [0.25, 0.3) is 0 Å². The Hall–Kier alpha value is -2.20. The molecule has 0 aliphatic heterocycles. The van der Waals surface area contributed by atoms with E-state index in [4.69, 9.17) is 11.5 Å². The van der Waals surface area contributed by atoms with Crippen LogP contribution in [0, 0.1) is 11.6 Å². The van der Waals surface area contributed by atoms with Gasteiger partial charge in [-0.1, -0.05) is 6.07 Å². The molecule has 2 rings (SSSR count). The van der Waals surface area contributed by atoms with Crippen LogP contribution in [0.4, 0.5) is 35.1 Å². The van der Waals surface area contributed by atoms with Crippen LogP contribution in [0.2, 0.25) is 0 Å². The zero-order valence-electron chi connectivity index (χ0n) is 14.5. The summed E-state index contributed by atoms with van der Waals surface area (Å²) in [5, 5.41) is 0. The number of rotatable bonds is 4. The molecule has 10 heteroatoms. The molecule has 0 saturated heterocycles. The van der Waals surface area contributed by atoms with Gasteiger partial charge >= 0.3 is 12.4 Å². The summed E-state index contributed by atoms with van der Waals surface area (Å²) in [7, 11) is 0. The highest BCUT2D eigenvalue weighted by atomic mass is 19.4. The van der Waals surface area contributed by atoms with E-state index < -0.39 is 35.1 Å². The minimum absolute atomic E-state index is 0.195. The van der Waals surface area contributed by atoms with Gasteiger partial charge in [0, 0.05) is 0 Å². The Kier molecular flexibility index (Phi) is 8.37. The van der Waals surface area contributed by atoms with Crippen LogP contribution in [-0.2, 0) is 25.2 Å². The van der Waals surface area contributed by atoms with Gasteiger partial charge in [0.05, 0.1) is 11.1 Å². The molecule has 0 aromatic heterocycles. The molecule has 28 heavy (non-hydrogen) atoms. The monoisotopic (exact) mass is 414 g/mol. The van der Waals surface area contributed by atoms with Crippen molar-refractivity contribution in [1.82, 2.24) is 0 Å². The average molecular weight is 414 g/mol. The second-order valence-electron chi connectivity index (χ2n) is 5.73. The maximum absolute atomic E-state index is 13.0. The summed E-state index contributed by atoms with van der Waals surface area (Å²) in [6.45, 7) is 0.406. The highest BCUT2D eigenvalue weighted by molar-refractivity contribution is 5.27. The van der Waals surface area contributed by atoms with Crippen LogP contribution in [0.5, 0.6) is 0 Å². The maximum atomic E-state index is 13.0. The normalized spacial score (nSPS) is 11.8. The largest absolute Gasteiger partial charge is 0.416 e. The Morgan fingerprint density at radius 3 is 1.71 bits per heavy atom. The van der Waals surface area contributed by atoms with E-state index in [1.54, 1.807) is 0 Å². The lowest BCUT2D eigenvalue weighted by atomic mass is 10.1. The first-order valence-corrected chi connectivity index (χ1v) is 8.01. The summed E-state index contributed by atoms with van der Waals surface area (Å²) in [6, 6.07) is 4.90. The molecule has 0 amide bonds. The van der Waals surface area contributed by atoms with Gasteiger partial charge in [0.2, 0.25) is 0 Å². The van der Waals surface area contributed by atoms with Crippen molar-refractivity contribution in [3.05, 3.63) is 70.3 Å². The summed E-state index contributed by atoms with van der Waals surface area (Å²) >= 11 is 0. The lowest BCUT2D eigenvalue weighted by Gasteiger charge is -2.08. The third kappa shape index (κ3) is 7.43. The quantitative estimate of drug-likeness (QED) is 0.714. The van der Waals surface area contributed by atoms with Gasteiger partial charge in [-0.2, -0.15) is 26.3 Å². The zero-order chi connectivity index (χ0) is 21.5. The Labute approximate surface area is 156 Å². The summed E-state index contributed by atoms with van der Waals surface area (Å²) in [4.78, 5) is 0. The first kappa shape index (κ1) is 23.8. The maximum Gasteiger partial charge on any atom is 0.416 e. The van der Waals surface area contributed by atoms with Crippen LogP contribution >= 0.6 is 0 Å². The second-order valence-corrected chi connectivity index (χ2v) is 5.73. The first-order valence-electron chi connectivity index (χ1n) is 8.01. The fraction of sp³-hybridized carbons (Fsp3) is 0.333. The molecule has 156 valence electrons. The molecule has 4 N–H and O–H groups in total. The summed E-state index contributed by atoms with van der Waals surface area (Å²) in [6.07, 6.45) is -8.53. The summed E-state index contributed by atoms with van der Waals surface area (Å²) < 4.78 is 98.6. The molecular weight excluding hydrogens is 396 g/mol. The fourth-order valence-corrected chi connectivity index (χ4v) is 2.21. The Bertz CT molecular complexity index is 769. The number of hydrogen-bond acceptors (Lipinski definition) is 2. The van der Waals surface area contributed by atoms with E-state index in [-0.39, 0.29) is 37.1 Å². The highest BCUT2D eigenvalue weighted by Gasteiger charge is 2.31. The van der Waals surface area contributed by atoms with Crippen molar-refractivity contribution in [2.45, 2.75) is 25.2 Å². The molecule has 2 nitrogen and oxygen atoms in total. The van der Waals surface area contributed by atoms with Gasteiger partial charge in [-0.25, -0.2) is 8.78 Å². The van der Waals surface area contributed by atoms with E-state index in [0.717, 1.165) is 24.3 Å². The number of hydrogen-bond donors (Lipinski definition) is 2. The lowest BCUT2D eigenvalue weighted by molar-refractivity contribution is -0.138. The molecular formula is C18H18F8N2. The minimum atomic E-state index is -4.51. The van der Waals surface area contributed by atoms with Gasteiger partial charge in [0.1, 0.15) is 11.6 Å². The van der Waals surface area contributed by atoms with Gasteiger partial charge in [0.15, 0.2) is 0 Å². The van der Waals surface area contributed by atoms with Crippen molar-refractivity contribution < 1.29 is 35.1 Å². The van der Waals surface area contributed by atoms with Crippen molar-refractivity contribution in [2.24, 2.45) is 11.5 Å². The Balaban J connectivity index is 0.000000280. The second kappa shape index (κ2) is 9.83. The van der Waals surface area contributed by atoms with E-state index in [2.05, 4.69) is 0 Å². The molecule has 0 unspecified atom stereocenters. The van der Waals surface area contributed by atoms with Crippen LogP contribution < -0.4 is 11.5 Å². The molecule has 0 spiro atoms. The smallest absolute Gasteiger partial charge is 0.330 e. The third-order valence-electron chi connectivity index (χ3n) is 3.51. The van der Waals surface area contributed by atoms with E-state index >= 15 is 0 Å². The molecule has 0 atom stereocenters. The van der Waals surface area contributed by atoms with Crippen molar-refractivity contribution >= 4 is 0 Å². The van der Waals surface area contributed by atoms with Gasteiger partial charge < -0.3 is 11.5 Å². The van der Waals surface area contributed by atoms with Crippen molar-refractivity contribution in [2.75, 3.05) is 13.1 Å². The van der Waals surface area contributed by atoms with E-state index in [1.165, 1.54) is 0 Å². The van der Waals surface area contributed by atoms with Gasteiger partial charge in [-0.15, -0.1) is 0 Å². The molecule has 0 fully saturated rings. The number of nitrogens with two attached hydrogens (primary N) is 2. The van der Waals surface area contributed by atoms with Crippen LogP contribution in [0.15, 0.2) is 36.4 Å². The van der Waals surface area contributed by atoms with E-state index in [9.17, 15) is 35.1 Å². The standard InChI is InChI=1S/2C9H9F4N/c10-8-4-6(1-2-14)3-7(5-8)9(11,12)13;10-8-5-7(9(11,12)13)2-1-6(8)3-4-14/h3-5H,1-2,14H2;1-2,5H,3-4,14H2. The Morgan fingerprint density at radius 1 is 0.679 bits per heavy atom. The topological polar surface area (TPSA) is 52.0 Å². The predicted octanol–water partition coefficient (Wildman–Crippen LogP) is 4.69. The van der Waals surface area contributed by atoms with Gasteiger partial charge in [-0.3, -0.25) is 0 Å². The summed E-state index contributed by atoms with van der Waals surface area (Å²) in [5.41, 5.74) is 8.86. The average Bonchev–Trinajstić information content (AvgIpc) is 2.55. The zero-order valence-corrected chi connectivity index (χ0v) is 14.5. The lowest BCUT2D eigenvalue weighted by Crippen LogP contribution is -2.08. The van der Waals surface area contributed by atoms with Crippen molar-refractivity contribution in [3.63, 3.8) is 0 Å². The molecule has 2 aromatic carbocycles. The van der Waals surface area contributed by atoms with Crippen LogP contribution in [0.3, 0.4) is 0 Å². The molecule has 0 heterocycles. The molecule has 0 bridgehead atoms.